The Hall–Kier alpha value is 0.140. The highest BCUT2D eigenvalue weighted by Crippen LogP contribution is 2.32. The smallest absolute Gasteiger partial charge is 0.0730 e. The standard InChI is InChI=1S/C15H24BrNS/c1-11-10-13(18-14(11)16)6-7-15(2,3)8-9-17-12-4-5-12/h10,12,17H,4-9H2,1-3H3. The lowest BCUT2D eigenvalue weighted by Crippen LogP contribution is -2.24. The number of hydrogen-bond donors (Lipinski definition) is 1. The van der Waals surface area contributed by atoms with Crippen molar-refractivity contribution in [1.82, 2.24) is 5.32 Å². The molecule has 0 bridgehead atoms. The maximum atomic E-state index is 3.62. The van der Waals surface area contributed by atoms with Crippen molar-refractivity contribution in [2.45, 2.75) is 58.9 Å². The fourth-order valence-electron chi connectivity index (χ4n) is 2.14. The molecular weight excluding hydrogens is 306 g/mol. The van der Waals surface area contributed by atoms with Gasteiger partial charge in [0, 0.05) is 10.9 Å². The first-order valence-corrected chi connectivity index (χ1v) is 8.55. The van der Waals surface area contributed by atoms with E-state index >= 15 is 0 Å². The van der Waals surface area contributed by atoms with E-state index in [2.05, 4.69) is 48.1 Å². The Balaban J connectivity index is 1.72. The molecule has 2 rings (SSSR count). The largest absolute Gasteiger partial charge is 0.314 e. The summed E-state index contributed by atoms with van der Waals surface area (Å²) < 4.78 is 1.30. The van der Waals surface area contributed by atoms with Crippen molar-refractivity contribution < 1.29 is 0 Å². The van der Waals surface area contributed by atoms with Crippen LogP contribution in [0.5, 0.6) is 0 Å². The molecule has 1 aromatic rings. The zero-order chi connectivity index (χ0) is 13.2. The number of hydrogen-bond acceptors (Lipinski definition) is 2. The fourth-order valence-corrected chi connectivity index (χ4v) is 3.76. The van der Waals surface area contributed by atoms with Crippen molar-refractivity contribution in [3.05, 3.63) is 20.3 Å². The minimum absolute atomic E-state index is 0.451. The Morgan fingerprint density at radius 3 is 2.67 bits per heavy atom. The zero-order valence-electron chi connectivity index (χ0n) is 11.7. The van der Waals surface area contributed by atoms with Crippen LogP contribution in [0.4, 0.5) is 0 Å². The van der Waals surface area contributed by atoms with Gasteiger partial charge in [-0.3, -0.25) is 0 Å². The molecule has 0 saturated heterocycles. The van der Waals surface area contributed by atoms with Crippen LogP contribution in [-0.4, -0.2) is 12.6 Å². The normalized spacial score (nSPS) is 16.2. The Labute approximate surface area is 123 Å². The molecule has 1 nitrogen and oxygen atoms in total. The molecule has 0 amide bonds. The van der Waals surface area contributed by atoms with Gasteiger partial charge in [-0.25, -0.2) is 0 Å². The van der Waals surface area contributed by atoms with E-state index < -0.39 is 0 Å². The Morgan fingerprint density at radius 1 is 1.39 bits per heavy atom. The van der Waals surface area contributed by atoms with E-state index in [9.17, 15) is 0 Å². The van der Waals surface area contributed by atoms with E-state index in [0.29, 0.717) is 5.41 Å². The molecule has 1 aliphatic rings. The molecule has 0 spiro atoms. The van der Waals surface area contributed by atoms with Crippen molar-refractivity contribution in [1.29, 1.82) is 0 Å². The third-order valence-corrected chi connectivity index (χ3v) is 5.96. The number of nitrogens with one attached hydrogen (secondary N) is 1. The van der Waals surface area contributed by atoms with Crippen LogP contribution < -0.4 is 5.32 Å². The highest BCUT2D eigenvalue weighted by molar-refractivity contribution is 9.11. The maximum Gasteiger partial charge on any atom is 0.0730 e. The van der Waals surface area contributed by atoms with Gasteiger partial charge in [0.25, 0.3) is 0 Å². The highest BCUT2D eigenvalue weighted by atomic mass is 79.9. The summed E-state index contributed by atoms with van der Waals surface area (Å²) in [6.07, 6.45) is 6.57. The van der Waals surface area contributed by atoms with Crippen LogP contribution in [0.1, 0.15) is 50.0 Å². The summed E-state index contributed by atoms with van der Waals surface area (Å²) in [6, 6.07) is 3.17. The van der Waals surface area contributed by atoms with Crippen LogP contribution in [0, 0.1) is 12.3 Å². The minimum atomic E-state index is 0.451. The number of aryl methyl sites for hydroxylation is 2. The predicted molar refractivity (Wildman–Crippen MR) is 84.5 cm³/mol. The molecule has 1 aliphatic carbocycles. The first-order valence-electron chi connectivity index (χ1n) is 6.94. The molecule has 1 aromatic heterocycles. The Morgan fingerprint density at radius 2 is 2.11 bits per heavy atom. The second-order valence-corrected chi connectivity index (χ2v) is 8.77. The van der Waals surface area contributed by atoms with Gasteiger partial charge in [-0.05, 0) is 78.5 Å². The van der Waals surface area contributed by atoms with Gasteiger partial charge in [0.2, 0.25) is 0 Å². The lowest BCUT2D eigenvalue weighted by molar-refractivity contribution is 0.302. The fraction of sp³-hybridized carbons (Fsp3) is 0.733. The van der Waals surface area contributed by atoms with Gasteiger partial charge in [-0.1, -0.05) is 13.8 Å². The summed E-state index contributed by atoms with van der Waals surface area (Å²) in [7, 11) is 0. The van der Waals surface area contributed by atoms with Crippen LogP contribution in [0.3, 0.4) is 0 Å². The van der Waals surface area contributed by atoms with Gasteiger partial charge in [0.1, 0.15) is 0 Å². The van der Waals surface area contributed by atoms with Gasteiger partial charge in [0.05, 0.1) is 3.79 Å². The summed E-state index contributed by atoms with van der Waals surface area (Å²) in [5.41, 5.74) is 1.83. The van der Waals surface area contributed by atoms with E-state index in [4.69, 9.17) is 0 Å². The molecule has 1 saturated carbocycles. The Bertz CT molecular complexity index is 374. The quantitative estimate of drug-likeness (QED) is 0.748. The van der Waals surface area contributed by atoms with Gasteiger partial charge in [-0.2, -0.15) is 0 Å². The predicted octanol–water partition coefficient (Wildman–Crippen LogP) is 4.92. The number of halogens is 1. The summed E-state index contributed by atoms with van der Waals surface area (Å²) in [4.78, 5) is 1.52. The molecule has 102 valence electrons. The van der Waals surface area contributed by atoms with Crippen molar-refractivity contribution >= 4 is 27.3 Å². The first kappa shape index (κ1) is 14.5. The molecule has 0 unspecified atom stereocenters. The van der Waals surface area contributed by atoms with E-state index in [1.807, 2.05) is 11.3 Å². The topological polar surface area (TPSA) is 12.0 Å². The van der Waals surface area contributed by atoms with E-state index in [-0.39, 0.29) is 0 Å². The van der Waals surface area contributed by atoms with Crippen LogP contribution in [0.15, 0.2) is 9.85 Å². The molecule has 1 N–H and O–H groups in total. The second kappa shape index (κ2) is 6.06. The summed E-state index contributed by atoms with van der Waals surface area (Å²) in [5.74, 6) is 0. The zero-order valence-corrected chi connectivity index (χ0v) is 14.1. The lowest BCUT2D eigenvalue weighted by Gasteiger charge is -2.24. The van der Waals surface area contributed by atoms with Gasteiger partial charge >= 0.3 is 0 Å². The molecular formula is C15H24BrNS. The molecule has 0 atom stereocenters. The van der Waals surface area contributed by atoms with Gasteiger partial charge < -0.3 is 5.32 Å². The van der Waals surface area contributed by atoms with E-state index in [0.717, 1.165) is 6.04 Å². The third-order valence-electron chi connectivity index (χ3n) is 3.77. The van der Waals surface area contributed by atoms with E-state index in [1.54, 1.807) is 0 Å². The van der Waals surface area contributed by atoms with Crippen molar-refractivity contribution in [2.24, 2.45) is 5.41 Å². The van der Waals surface area contributed by atoms with E-state index in [1.165, 1.54) is 52.9 Å². The molecule has 1 fully saturated rings. The first-order chi connectivity index (χ1) is 8.46. The Kier molecular flexibility index (Phi) is 4.90. The molecule has 0 aliphatic heterocycles. The average Bonchev–Trinajstić information content (AvgIpc) is 3.04. The number of thiophene rings is 1. The monoisotopic (exact) mass is 329 g/mol. The summed E-state index contributed by atoms with van der Waals surface area (Å²) in [5, 5.41) is 3.62. The lowest BCUT2D eigenvalue weighted by atomic mass is 9.84. The van der Waals surface area contributed by atoms with Crippen LogP contribution in [-0.2, 0) is 6.42 Å². The second-order valence-electron chi connectivity index (χ2n) is 6.31. The van der Waals surface area contributed by atoms with Crippen LogP contribution in [0.25, 0.3) is 0 Å². The summed E-state index contributed by atoms with van der Waals surface area (Å²) in [6.45, 7) is 8.16. The van der Waals surface area contributed by atoms with Crippen molar-refractivity contribution in [2.75, 3.05) is 6.54 Å². The SMILES string of the molecule is Cc1cc(CCC(C)(C)CCNC2CC2)sc1Br. The molecule has 0 aromatic carbocycles. The molecule has 1 heterocycles. The number of rotatable bonds is 7. The van der Waals surface area contributed by atoms with Gasteiger partial charge in [0.15, 0.2) is 0 Å². The van der Waals surface area contributed by atoms with Crippen LogP contribution in [0.2, 0.25) is 0 Å². The van der Waals surface area contributed by atoms with Gasteiger partial charge in [-0.15, -0.1) is 11.3 Å². The molecule has 18 heavy (non-hydrogen) atoms. The van der Waals surface area contributed by atoms with Crippen molar-refractivity contribution in [3.8, 4) is 0 Å². The maximum absolute atomic E-state index is 3.62. The summed E-state index contributed by atoms with van der Waals surface area (Å²) >= 11 is 5.50. The highest BCUT2D eigenvalue weighted by Gasteiger charge is 2.23. The van der Waals surface area contributed by atoms with Crippen molar-refractivity contribution in [3.63, 3.8) is 0 Å². The molecule has 0 radical (unpaired) electrons. The van der Waals surface area contributed by atoms with Crippen LogP contribution >= 0.6 is 27.3 Å². The molecule has 3 heteroatoms. The third kappa shape index (κ3) is 4.67. The average molecular weight is 330 g/mol. The minimum Gasteiger partial charge on any atom is -0.314 e.